The van der Waals surface area contributed by atoms with Gasteiger partial charge in [-0.2, -0.15) is 9.78 Å². The lowest BCUT2D eigenvalue weighted by Crippen LogP contribution is -2.46. The van der Waals surface area contributed by atoms with Crippen molar-refractivity contribution in [2.24, 2.45) is 0 Å². The molecule has 2 aromatic carbocycles. The van der Waals surface area contributed by atoms with Crippen LogP contribution in [0.15, 0.2) is 47.9 Å². The second-order valence-corrected chi connectivity index (χ2v) is 11.0. The minimum absolute atomic E-state index is 0.126. The maximum atomic E-state index is 14.6. The van der Waals surface area contributed by atoms with Gasteiger partial charge in [0.25, 0.3) is 0 Å². The molecule has 0 bridgehead atoms. The lowest BCUT2D eigenvalue weighted by atomic mass is 10.0. The van der Waals surface area contributed by atoms with Gasteiger partial charge in [-0.05, 0) is 31.7 Å². The van der Waals surface area contributed by atoms with Gasteiger partial charge in [0.1, 0.15) is 29.0 Å². The van der Waals surface area contributed by atoms with Gasteiger partial charge in [-0.25, -0.2) is 17.2 Å². The SMILES string of the molecule is C=C(F)c1c2cccc(N[C@@H]3CCN(C)C[C@@H]3F)c2nn1C#CCNc1ccc(S(C)(=O)=O)cc1OC. The van der Waals surface area contributed by atoms with Crippen LogP contribution in [0.3, 0.4) is 0 Å². The molecule has 1 aliphatic rings. The number of nitrogens with one attached hydrogen (secondary N) is 2. The molecule has 37 heavy (non-hydrogen) atoms. The van der Waals surface area contributed by atoms with E-state index in [2.05, 4.69) is 34.3 Å². The monoisotopic (exact) mass is 529 g/mol. The number of ether oxygens (including phenoxy) is 1. The summed E-state index contributed by atoms with van der Waals surface area (Å²) in [4.78, 5) is 2.09. The topological polar surface area (TPSA) is 88.5 Å². The van der Waals surface area contributed by atoms with E-state index in [0.717, 1.165) is 12.8 Å². The highest BCUT2D eigenvalue weighted by molar-refractivity contribution is 7.90. The van der Waals surface area contributed by atoms with Crippen LogP contribution in [0.25, 0.3) is 16.7 Å². The third-order valence-electron chi connectivity index (χ3n) is 6.20. The molecule has 1 aromatic heterocycles. The predicted molar refractivity (Wildman–Crippen MR) is 142 cm³/mol. The zero-order valence-corrected chi connectivity index (χ0v) is 21.7. The summed E-state index contributed by atoms with van der Waals surface area (Å²) in [5, 5.41) is 11.3. The highest BCUT2D eigenvalue weighted by Crippen LogP contribution is 2.31. The predicted octanol–water partition coefficient (Wildman–Crippen LogP) is 3.76. The average molecular weight is 530 g/mol. The number of anilines is 2. The van der Waals surface area contributed by atoms with Crippen LogP contribution in [0.2, 0.25) is 0 Å². The Morgan fingerprint density at radius 3 is 2.76 bits per heavy atom. The van der Waals surface area contributed by atoms with Gasteiger partial charge >= 0.3 is 0 Å². The van der Waals surface area contributed by atoms with Gasteiger partial charge < -0.3 is 20.3 Å². The van der Waals surface area contributed by atoms with Crippen LogP contribution in [0.1, 0.15) is 12.1 Å². The van der Waals surface area contributed by atoms with Crippen LogP contribution in [0.4, 0.5) is 20.2 Å². The van der Waals surface area contributed by atoms with Crippen LogP contribution in [0.5, 0.6) is 5.75 Å². The van der Waals surface area contributed by atoms with E-state index in [1.165, 1.54) is 23.9 Å². The number of rotatable bonds is 7. The number of fused-ring (bicyclic) bond motifs is 1. The van der Waals surface area contributed by atoms with Crippen molar-refractivity contribution in [2.75, 3.05) is 50.7 Å². The summed E-state index contributed by atoms with van der Waals surface area (Å²) in [6.07, 6.45) is 0.716. The van der Waals surface area contributed by atoms with Crippen molar-refractivity contribution >= 4 is 37.9 Å². The first-order chi connectivity index (χ1) is 17.6. The van der Waals surface area contributed by atoms with Gasteiger partial charge in [-0.3, -0.25) is 0 Å². The Hall–Kier alpha value is -3.62. The number of benzene rings is 2. The molecule has 0 spiro atoms. The van der Waals surface area contributed by atoms with E-state index in [1.54, 1.807) is 24.3 Å². The summed E-state index contributed by atoms with van der Waals surface area (Å²) >= 11 is 0. The quantitative estimate of drug-likeness (QED) is 0.451. The molecule has 2 atom stereocenters. The van der Waals surface area contributed by atoms with Crippen LogP contribution in [0, 0.1) is 12.0 Å². The van der Waals surface area contributed by atoms with Gasteiger partial charge in [-0.15, -0.1) is 0 Å². The van der Waals surface area contributed by atoms with E-state index in [0.29, 0.717) is 41.0 Å². The Morgan fingerprint density at radius 1 is 1.30 bits per heavy atom. The van der Waals surface area contributed by atoms with Crippen molar-refractivity contribution in [3.63, 3.8) is 0 Å². The van der Waals surface area contributed by atoms with Crippen LogP contribution < -0.4 is 15.4 Å². The molecule has 11 heteroatoms. The third kappa shape index (κ3) is 5.87. The molecule has 1 fully saturated rings. The number of piperidine rings is 1. The number of hydrogen-bond acceptors (Lipinski definition) is 7. The molecule has 4 rings (SSSR count). The summed E-state index contributed by atoms with van der Waals surface area (Å²) < 4.78 is 59.2. The number of halogens is 2. The number of sulfone groups is 1. The smallest absolute Gasteiger partial charge is 0.175 e. The number of aromatic nitrogens is 2. The van der Waals surface area contributed by atoms with E-state index in [4.69, 9.17) is 4.74 Å². The zero-order chi connectivity index (χ0) is 26.7. The fraction of sp³-hybridized carbons (Fsp3) is 0.346. The molecule has 1 aliphatic heterocycles. The molecule has 1 saturated heterocycles. The van der Waals surface area contributed by atoms with Crippen molar-refractivity contribution < 1.29 is 21.9 Å². The normalized spacial score (nSPS) is 18.2. The number of methoxy groups -OCH3 is 1. The second kappa shape index (κ2) is 10.8. The minimum Gasteiger partial charge on any atom is -0.495 e. The molecular weight excluding hydrogens is 500 g/mol. The standard InChI is InChI=1S/C26H29F2N5O3S/c1-17(27)26-19-7-5-8-23(30-21-11-14-32(2)16-20(21)28)25(19)31-33(26)13-6-12-29-22-10-9-18(37(4,34)35)15-24(22)36-3/h5,7-10,15,20-21,29-30H,1,11-12,14,16H2,2-4H3/t20-,21+/m0/s1. The van der Waals surface area contributed by atoms with Crippen molar-refractivity contribution in [1.29, 1.82) is 0 Å². The van der Waals surface area contributed by atoms with Crippen molar-refractivity contribution in [3.05, 3.63) is 48.7 Å². The molecular formula is C26H29F2N5O3S. The summed E-state index contributed by atoms with van der Waals surface area (Å²) in [6, 6.07) is 12.2. The molecule has 2 N–H and O–H groups in total. The van der Waals surface area contributed by atoms with Gasteiger partial charge in [0.05, 0.1) is 36.0 Å². The van der Waals surface area contributed by atoms with Gasteiger partial charge in [-0.1, -0.05) is 24.6 Å². The van der Waals surface area contributed by atoms with Crippen LogP contribution in [-0.2, 0) is 9.84 Å². The second-order valence-electron chi connectivity index (χ2n) is 8.96. The first-order valence-electron chi connectivity index (χ1n) is 11.6. The lowest BCUT2D eigenvalue weighted by Gasteiger charge is -2.33. The van der Waals surface area contributed by atoms with E-state index in [-0.39, 0.29) is 23.2 Å². The fourth-order valence-electron chi connectivity index (χ4n) is 4.29. The first kappa shape index (κ1) is 26.4. The summed E-state index contributed by atoms with van der Waals surface area (Å²) in [6.45, 7) is 4.70. The molecule has 2 heterocycles. The molecule has 0 unspecified atom stereocenters. The van der Waals surface area contributed by atoms with Crippen molar-refractivity contribution in [1.82, 2.24) is 14.7 Å². The molecule has 0 saturated carbocycles. The highest BCUT2D eigenvalue weighted by Gasteiger charge is 2.28. The van der Waals surface area contributed by atoms with E-state index < -0.39 is 21.8 Å². The molecule has 0 amide bonds. The fourth-order valence-corrected chi connectivity index (χ4v) is 4.92. The largest absolute Gasteiger partial charge is 0.495 e. The van der Waals surface area contributed by atoms with Crippen LogP contribution >= 0.6 is 0 Å². The Bertz CT molecular complexity index is 1490. The van der Waals surface area contributed by atoms with Crippen LogP contribution in [-0.4, -0.2) is 75.4 Å². The van der Waals surface area contributed by atoms with Crippen molar-refractivity contribution in [2.45, 2.75) is 23.5 Å². The first-order valence-corrected chi connectivity index (χ1v) is 13.5. The molecule has 3 aromatic rings. The zero-order valence-electron chi connectivity index (χ0n) is 20.9. The maximum absolute atomic E-state index is 14.6. The molecule has 8 nitrogen and oxygen atoms in total. The molecule has 0 radical (unpaired) electrons. The third-order valence-corrected chi connectivity index (χ3v) is 7.31. The number of nitrogens with zero attached hydrogens (tertiary/aromatic N) is 3. The minimum atomic E-state index is -3.38. The Morgan fingerprint density at radius 2 is 2.08 bits per heavy atom. The van der Waals surface area contributed by atoms with Crippen molar-refractivity contribution in [3.8, 4) is 17.7 Å². The molecule has 0 aliphatic carbocycles. The Labute approximate surface area is 215 Å². The summed E-state index contributed by atoms with van der Waals surface area (Å²) in [5.74, 6) is 2.55. The van der Waals surface area contributed by atoms with E-state index in [1.807, 2.05) is 11.9 Å². The number of likely N-dealkylation sites (tertiary alicyclic amines) is 1. The number of hydrogen-bond donors (Lipinski definition) is 2. The maximum Gasteiger partial charge on any atom is 0.175 e. The highest BCUT2D eigenvalue weighted by atomic mass is 32.2. The molecule has 196 valence electrons. The summed E-state index contributed by atoms with van der Waals surface area (Å²) in [5.41, 5.74) is 1.76. The average Bonchev–Trinajstić information content (AvgIpc) is 3.22. The van der Waals surface area contributed by atoms with Gasteiger partial charge in [0, 0.05) is 36.8 Å². The van der Waals surface area contributed by atoms with E-state index in [9.17, 15) is 17.2 Å². The Kier molecular flexibility index (Phi) is 7.71. The summed E-state index contributed by atoms with van der Waals surface area (Å²) in [7, 11) is -0.0500. The van der Waals surface area contributed by atoms with Gasteiger partial charge in [0.2, 0.25) is 0 Å². The van der Waals surface area contributed by atoms with Gasteiger partial charge in [0.15, 0.2) is 9.84 Å². The Balaban J connectivity index is 1.57. The number of alkyl halides is 1. The lowest BCUT2D eigenvalue weighted by molar-refractivity contribution is 0.149. The van der Waals surface area contributed by atoms with E-state index >= 15 is 0 Å².